The number of ketones is 1. The van der Waals surface area contributed by atoms with Crippen molar-refractivity contribution in [2.45, 2.75) is 45.4 Å². The summed E-state index contributed by atoms with van der Waals surface area (Å²) in [6, 6.07) is 17.8. The molecule has 0 bridgehead atoms. The van der Waals surface area contributed by atoms with Crippen molar-refractivity contribution in [3.63, 3.8) is 0 Å². The first-order chi connectivity index (χ1) is 20.5. The Kier molecular flexibility index (Phi) is 8.04. The van der Waals surface area contributed by atoms with Gasteiger partial charge in [-0.25, -0.2) is 14.4 Å². The molecule has 5 aromatic rings. The SMILES string of the molecule is CC(=O)c1ccc2nc(CN3CCC(c4cccc(OCc5ccc(C#N)cc5F)n4)CC3)n(Cc3cncs3)c2c1. The maximum atomic E-state index is 14.3. The van der Waals surface area contributed by atoms with E-state index in [9.17, 15) is 9.18 Å². The third kappa shape index (κ3) is 6.08. The molecule has 212 valence electrons. The predicted octanol–water partition coefficient (Wildman–Crippen LogP) is 6.11. The van der Waals surface area contributed by atoms with Gasteiger partial charge in [-0.3, -0.25) is 14.7 Å². The highest BCUT2D eigenvalue weighted by atomic mass is 32.1. The Labute approximate surface area is 247 Å². The zero-order chi connectivity index (χ0) is 29.1. The largest absolute Gasteiger partial charge is 0.473 e. The molecule has 0 atom stereocenters. The summed E-state index contributed by atoms with van der Waals surface area (Å²) < 4.78 is 22.3. The van der Waals surface area contributed by atoms with Crippen LogP contribution in [0, 0.1) is 17.1 Å². The van der Waals surface area contributed by atoms with Crippen LogP contribution in [-0.4, -0.2) is 43.3 Å². The van der Waals surface area contributed by atoms with Gasteiger partial charge in [-0.1, -0.05) is 12.1 Å². The van der Waals surface area contributed by atoms with Crippen LogP contribution in [0.1, 0.15) is 63.6 Å². The Morgan fingerprint density at radius 2 is 1.98 bits per heavy atom. The Morgan fingerprint density at radius 3 is 2.71 bits per heavy atom. The molecule has 10 heteroatoms. The van der Waals surface area contributed by atoms with Crippen molar-refractivity contribution in [2.75, 3.05) is 13.1 Å². The lowest BCUT2D eigenvalue weighted by Crippen LogP contribution is -2.33. The molecule has 42 heavy (non-hydrogen) atoms. The molecule has 8 nitrogen and oxygen atoms in total. The number of nitriles is 1. The van der Waals surface area contributed by atoms with E-state index in [0.717, 1.165) is 53.4 Å². The zero-order valence-electron chi connectivity index (χ0n) is 23.2. The highest BCUT2D eigenvalue weighted by Gasteiger charge is 2.24. The lowest BCUT2D eigenvalue weighted by molar-refractivity contribution is 0.101. The van der Waals surface area contributed by atoms with Crippen molar-refractivity contribution < 1.29 is 13.9 Å². The summed E-state index contributed by atoms with van der Waals surface area (Å²) in [5.41, 5.74) is 6.00. The fourth-order valence-corrected chi connectivity index (χ4v) is 5.96. The monoisotopic (exact) mass is 580 g/mol. The molecule has 6 rings (SSSR count). The molecule has 0 unspecified atom stereocenters. The van der Waals surface area contributed by atoms with E-state index in [4.69, 9.17) is 20.0 Å². The number of thiazole rings is 1. The van der Waals surface area contributed by atoms with Gasteiger partial charge in [-0.2, -0.15) is 5.26 Å². The topological polar surface area (TPSA) is 96.9 Å². The van der Waals surface area contributed by atoms with E-state index in [1.165, 1.54) is 6.07 Å². The minimum absolute atomic E-state index is 0.0376. The van der Waals surface area contributed by atoms with Gasteiger partial charge >= 0.3 is 0 Å². The third-order valence-electron chi connectivity index (χ3n) is 7.70. The molecular formula is C32H29FN6O2S. The second-order valence-corrected chi connectivity index (χ2v) is 11.5. The van der Waals surface area contributed by atoms with Gasteiger partial charge in [-0.15, -0.1) is 11.3 Å². The highest BCUT2D eigenvalue weighted by Crippen LogP contribution is 2.30. The number of piperidine rings is 1. The molecule has 1 aliphatic rings. The number of hydrogen-bond acceptors (Lipinski definition) is 8. The molecule has 0 aliphatic carbocycles. The van der Waals surface area contributed by atoms with Crippen LogP contribution in [0.3, 0.4) is 0 Å². The second-order valence-electron chi connectivity index (χ2n) is 10.5. The van der Waals surface area contributed by atoms with Crippen LogP contribution in [0.5, 0.6) is 5.88 Å². The third-order valence-corrected chi connectivity index (χ3v) is 8.47. The first kappa shape index (κ1) is 27.7. The summed E-state index contributed by atoms with van der Waals surface area (Å²) in [6.45, 7) is 4.80. The number of Topliss-reactive ketones (excluding diaryl/α,β-unsaturated/α-hetero) is 1. The Morgan fingerprint density at radius 1 is 1.12 bits per heavy atom. The van der Waals surface area contributed by atoms with E-state index in [0.29, 0.717) is 36.0 Å². The molecular weight excluding hydrogens is 551 g/mol. The number of carbonyl (C=O) groups excluding carboxylic acids is 1. The van der Waals surface area contributed by atoms with Crippen molar-refractivity contribution in [1.82, 2.24) is 24.4 Å². The predicted molar refractivity (Wildman–Crippen MR) is 158 cm³/mol. The average Bonchev–Trinajstić information content (AvgIpc) is 3.65. The highest BCUT2D eigenvalue weighted by molar-refractivity contribution is 7.09. The summed E-state index contributed by atoms with van der Waals surface area (Å²) in [5.74, 6) is 1.31. The van der Waals surface area contributed by atoms with Gasteiger partial charge in [0.25, 0.3) is 0 Å². The van der Waals surface area contributed by atoms with Crippen molar-refractivity contribution in [3.8, 4) is 11.9 Å². The lowest BCUT2D eigenvalue weighted by atomic mass is 9.93. The number of nitrogens with zero attached hydrogens (tertiary/aromatic N) is 6. The molecule has 1 fully saturated rings. The summed E-state index contributed by atoms with van der Waals surface area (Å²) in [5, 5.41) is 8.94. The van der Waals surface area contributed by atoms with Gasteiger partial charge in [0.2, 0.25) is 5.88 Å². The van der Waals surface area contributed by atoms with Crippen LogP contribution in [0.4, 0.5) is 4.39 Å². The number of imidazole rings is 1. The van der Waals surface area contributed by atoms with Gasteiger partial charge in [-0.05, 0) is 69.3 Å². The molecule has 0 spiro atoms. The number of ether oxygens (including phenoxy) is 1. The smallest absolute Gasteiger partial charge is 0.213 e. The van der Waals surface area contributed by atoms with E-state index < -0.39 is 5.82 Å². The quantitative estimate of drug-likeness (QED) is 0.194. The van der Waals surface area contributed by atoms with E-state index in [2.05, 4.69) is 14.5 Å². The maximum Gasteiger partial charge on any atom is 0.213 e. The molecule has 0 N–H and O–H groups in total. The first-order valence-electron chi connectivity index (χ1n) is 13.8. The maximum absolute atomic E-state index is 14.3. The van der Waals surface area contributed by atoms with Crippen molar-refractivity contribution >= 4 is 28.2 Å². The van der Waals surface area contributed by atoms with Crippen LogP contribution in [0.25, 0.3) is 11.0 Å². The van der Waals surface area contributed by atoms with Crippen molar-refractivity contribution in [2.24, 2.45) is 0 Å². The summed E-state index contributed by atoms with van der Waals surface area (Å²) in [7, 11) is 0. The Hall–Kier alpha value is -4.46. The Balaban J connectivity index is 1.12. The molecule has 0 radical (unpaired) electrons. The van der Waals surface area contributed by atoms with E-state index >= 15 is 0 Å². The first-order valence-corrected chi connectivity index (χ1v) is 14.7. The minimum Gasteiger partial charge on any atom is -0.473 e. The number of benzene rings is 2. The molecule has 0 amide bonds. The standard InChI is InChI=1S/C32H29FN6O2S/c1-21(40)24-7-8-29-30(14-24)39(17-26-16-35-20-42-26)31(36-29)18-38-11-9-23(10-12-38)28-3-2-4-32(37-28)41-19-25-6-5-22(15-34)13-27(25)33/h2-8,13-14,16,20,23H,9-12,17-19H2,1H3. The van der Waals surface area contributed by atoms with E-state index in [1.807, 2.05) is 48.1 Å². The number of fused-ring (bicyclic) bond motifs is 1. The normalized spacial score (nSPS) is 14.2. The van der Waals surface area contributed by atoms with Crippen LogP contribution < -0.4 is 4.74 Å². The summed E-state index contributed by atoms with van der Waals surface area (Å²) in [4.78, 5) is 29.5. The van der Waals surface area contributed by atoms with Crippen molar-refractivity contribution in [1.29, 1.82) is 5.26 Å². The number of carbonyl (C=O) groups is 1. The van der Waals surface area contributed by atoms with Gasteiger partial charge < -0.3 is 9.30 Å². The second kappa shape index (κ2) is 12.2. The van der Waals surface area contributed by atoms with Gasteiger partial charge in [0.15, 0.2) is 5.78 Å². The summed E-state index contributed by atoms with van der Waals surface area (Å²) in [6.07, 6.45) is 3.78. The van der Waals surface area contributed by atoms with Crippen LogP contribution >= 0.6 is 11.3 Å². The minimum atomic E-state index is -0.461. The van der Waals surface area contributed by atoms with Crippen LogP contribution in [0.15, 0.2) is 66.3 Å². The molecule has 2 aromatic carbocycles. The van der Waals surface area contributed by atoms with Gasteiger partial charge in [0.05, 0.1) is 41.3 Å². The van der Waals surface area contributed by atoms with Gasteiger partial charge in [0.1, 0.15) is 18.2 Å². The van der Waals surface area contributed by atoms with E-state index in [1.54, 1.807) is 36.5 Å². The molecule has 1 saturated heterocycles. The number of likely N-dealkylation sites (tertiary alicyclic amines) is 1. The van der Waals surface area contributed by atoms with Crippen molar-refractivity contribution in [3.05, 3.63) is 105 Å². The van der Waals surface area contributed by atoms with Crippen LogP contribution in [-0.2, 0) is 19.7 Å². The lowest BCUT2D eigenvalue weighted by Gasteiger charge is -2.31. The number of rotatable bonds is 9. The molecule has 4 heterocycles. The number of aromatic nitrogens is 4. The van der Waals surface area contributed by atoms with E-state index in [-0.39, 0.29) is 18.0 Å². The van der Waals surface area contributed by atoms with Gasteiger partial charge in [0, 0.05) is 39.9 Å². The molecule has 0 saturated carbocycles. The average molecular weight is 581 g/mol. The Bertz CT molecular complexity index is 1770. The molecule has 1 aliphatic heterocycles. The number of hydrogen-bond donors (Lipinski definition) is 0. The summed E-state index contributed by atoms with van der Waals surface area (Å²) >= 11 is 1.61. The zero-order valence-corrected chi connectivity index (χ0v) is 24.0. The fourth-order valence-electron chi connectivity index (χ4n) is 5.38. The van der Waals surface area contributed by atoms with Crippen LogP contribution in [0.2, 0.25) is 0 Å². The number of pyridine rings is 1. The number of halogens is 1. The molecule has 3 aromatic heterocycles. The fraction of sp³-hybridized carbons (Fsp3) is 0.281.